The molecule has 0 saturated heterocycles. The zero-order chi connectivity index (χ0) is 15.2. The smallest absolute Gasteiger partial charge is 0.123 e. The summed E-state index contributed by atoms with van der Waals surface area (Å²) in [4.78, 5) is 2.23. The van der Waals surface area contributed by atoms with Gasteiger partial charge in [-0.1, -0.05) is 32.4 Å². The second-order valence-electron chi connectivity index (χ2n) is 6.12. The summed E-state index contributed by atoms with van der Waals surface area (Å²) in [6.07, 6.45) is 3.07. The van der Waals surface area contributed by atoms with Crippen molar-refractivity contribution in [3.05, 3.63) is 35.6 Å². The third kappa shape index (κ3) is 5.70. The van der Waals surface area contributed by atoms with E-state index in [1.165, 1.54) is 12.1 Å². The van der Waals surface area contributed by atoms with Gasteiger partial charge in [0, 0.05) is 12.0 Å². The molecule has 0 aromatic heterocycles. The summed E-state index contributed by atoms with van der Waals surface area (Å²) in [6, 6.07) is 6.65. The van der Waals surface area contributed by atoms with E-state index < -0.39 is 0 Å². The molecule has 0 spiro atoms. The van der Waals surface area contributed by atoms with Crippen LogP contribution in [0.25, 0.3) is 0 Å². The molecule has 0 aliphatic carbocycles. The molecule has 0 aliphatic heterocycles. The van der Waals surface area contributed by atoms with Crippen molar-refractivity contribution in [3.63, 3.8) is 0 Å². The molecule has 0 atom stereocenters. The maximum absolute atomic E-state index is 12.8. The van der Waals surface area contributed by atoms with Gasteiger partial charge in [0.1, 0.15) is 5.82 Å². The summed E-state index contributed by atoms with van der Waals surface area (Å²) in [5, 5.41) is 7.52. The molecule has 20 heavy (non-hydrogen) atoms. The van der Waals surface area contributed by atoms with Crippen LogP contribution in [0.4, 0.5) is 4.39 Å². The number of unbranched alkanes of at least 4 members (excludes halogenated alkanes) is 1. The predicted octanol–water partition coefficient (Wildman–Crippen LogP) is 3.39. The number of nitrogens with zero attached hydrogens (tertiary/aromatic N) is 1. The number of halogens is 1. The van der Waals surface area contributed by atoms with Gasteiger partial charge in [0.2, 0.25) is 0 Å². The fraction of sp³-hybridized carbons (Fsp3) is 0.562. The third-order valence-corrected chi connectivity index (χ3v) is 3.69. The first-order valence-corrected chi connectivity index (χ1v) is 7.09. The minimum atomic E-state index is -0.199. The molecule has 0 radical (unpaired) electrons. The fourth-order valence-electron chi connectivity index (χ4n) is 2.06. The monoisotopic (exact) mass is 279 g/mol. The quantitative estimate of drug-likeness (QED) is 0.435. The second-order valence-corrected chi connectivity index (χ2v) is 6.12. The van der Waals surface area contributed by atoms with Gasteiger partial charge in [-0.25, -0.2) is 4.39 Å². The number of benzene rings is 1. The molecular weight excluding hydrogens is 253 g/mol. The highest BCUT2D eigenvalue weighted by Crippen LogP contribution is 2.22. The van der Waals surface area contributed by atoms with Gasteiger partial charge in [-0.15, -0.1) is 0 Å². The van der Waals surface area contributed by atoms with E-state index in [9.17, 15) is 4.39 Å². The van der Waals surface area contributed by atoms with Crippen LogP contribution >= 0.6 is 0 Å². The second kappa shape index (κ2) is 7.39. The molecule has 1 rings (SSSR count). The molecule has 1 aromatic carbocycles. The van der Waals surface area contributed by atoms with Gasteiger partial charge >= 0.3 is 0 Å². The number of hydrogen-bond donors (Lipinski definition) is 2. The van der Waals surface area contributed by atoms with Crippen molar-refractivity contribution in [1.29, 1.82) is 5.41 Å². The Morgan fingerprint density at radius 1 is 1.25 bits per heavy atom. The summed E-state index contributed by atoms with van der Waals surface area (Å²) in [5.41, 5.74) is 6.49. The largest absolute Gasteiger partial charge is 0.387 e. The molecule has 0 bridgehead atoms. The lowest BCUT2D eigenvalue weighted by Gasteiger charge is -2.23. The summed E-state index contributed by atoms with van der Waals surface area (Å²) < 4.78 is 12.8. The fourth-order valence-corrected chi connectivity index (χ4v) is 2.06. The Kier molecular flexibility index (Phi) is 6.14. The Hall–Kier alpha value is -1.42. The van der Waals surface area contributed by atoms with Crippen molar-refractivity contribution >= 4 is 5.84 Å². The van der Waals surface area contributed by atoms with Crippen LogP contribution in [0.5, 0.6) is 0 Å². The van der Waals surface area contributed by atoms with Crippen molar-refractivity contribution in [2.75, 3.05) is 13.6 Å². The number of hydrogen-bond acceptors (Lipinski definition) is 2. The van der Waals surface area contributed by atoms with Gasteiger partial charge in [-0.2, -0.15) is 0 Å². The molecular formula is C16H26FN3. The highest BCUT2D eigenvalue weighted by Gasteiger charge is 2.20. The van der Waals surface area contributed by atoms with E-state index in [1.807, 2.05) is 26.0 Å². The number of rotatable bonds is 8. The van der Waals surface area contributed by atoms with Crippen LogP contribution in [0.15, 0.2) is 24.3 Å². The van der Waals surface area contributed by atoms with E-state index in [-0.39, 0.29) is 17.1 Å². The summed E-state index contributed by atoms with van der Waals surface area (Å²) in [5.74, 6) is 0.0695. The maximum atomic E-state index is 12.8. The third-order valence-electron chi connectivity index (χ3n) is 3.69. The standard InChI is InChI=1S/C16H26FN3/c1-16(2,15(18)19)10-4-5-11-20(3)12-13-6-8-14(17)9-7-13/h6-9H,4-5,10-12H2,1-3H3,(H3,18,19). The van der Waals surface area contributed by atoms with Crippen LogP contribution in [0, 0.1) is 16.6 Å². The molecule has 112 valence electrons. The number of nitrogens with two attached hydrogens (primary N) is 1. The highest BCUT2D eigenvalue weighted by atomic mass is 19.1. The van der Waals surface area contributed by atoms with E-state index in [4.69, 9.17) is 11.1 Å². The molecule has 4 heteroatoms. The van der Waals surface area contributed by atoms with Gasteiger partial charge in [-0.3, -0.25) is 5.41 Å². The average molecular weight is 279 g/mol. The highest BCUT2D eigenvalue weighted by molar-refractivity contribution is 5.82. The van der Waals surface area contributed by atoms with Crippen LogP contribution < -0.4 is 5.73 Å². The first kappa shape index (κ1) is 16.6. The lowest BCUT2D eigenvalue weighted by atomic mass is 9.86. The van der Waals surface area contributed by atoms with E-state index >= 15 is 0 Å². The Bertz CT molecular complexity index is 426. The van der Waals surface area contributed by atoms with Crippen molar-refractivity contribution in [2.45, 2.75) is 39.7 Å². The van der Waals surface area contributed by atoms with Gasteiger partial charge < -0.3 is 10.6 Å². The van der Waals surface area contributed by atoms with Crippen molar-refractivity contribution in [2.24, 2.45) is 11.1 Å². The Morgan fingerprint density at radius 3 is 2.40 bits per heavy atom. The van der Waals surface area contributed by atoms with E-state index in [2.05, 4.69) is 11.9 Å². The van der Waals surface area contributed by atoms with Crippen molar-refractivity contribution < 1.29 is 4.39 Å². The van der Waals surface area contributed by atoms with Gasteiger partial charge in [-0.05, 0) is 44.1 Å². The van der Waals surface area contributed by atoms with Crippen molar-refractivity contribution in [1.82, 2.24) is 4.90 Å². The van der Waals surface area contributed by atoms with Crippen LogP contribution in [-0.4, -0.2) is 24.3 Å². The molecule has 0 saturated carbocycles. The minimum Gasteiger partial charge on any atom is -0.387 e. The molecule has 3 nitrogen and oxygen atoms in total. The zero-order valence-electron chi connectivity index (χ0n) is 12.7. The molecule has 3 N–H and O–H groups in total. The Balaban J connectivity index is 2.25. The molecule has 0 fully saturated rings. The molecule has 1 aromatic rings. The normalized spacial score (nSPS) is 11.8. The lowest BCUT2D eigenvalue weighted by molar-refractivity contribution is 0.308. The molecule has 0 heterocycles. The number of amidine groups is 1. The summed E-state index contributed by atoms with van der Waals surface area (Å²) in [7, 11) is 2.07. The lowest BCUT2D eigenvalue weighted by Crippen LogP contribution is -2.31. The summed E-state index contributed by atoms with van der Waals surface area (Å²) in [6.45, 7) is 5.84. The van der Waals surface area contributed by atoms with Crippen LogP contribution in [0.1, 0.15) is 38.7 Å². The first-order chi connectivity index (χ1) is 9.31. The van der Waals surface area contributed by atoms with Gasteiger partial charge in [0.05, 0.1) is 5.84 Å². The van der Waals surface area contributed by atoms with E-state index in [0.717, 1.165) is 37.9 Å². The predicted molar refractivity (Wildman–Crippen MR) is 82.3 cm³/mol. The average Bonchev–Trinajstić information content (AvgIpc) is 2.37. The Labute approximate surface area is 121 Å². The van der Waals surface area contributed by atoms with Crippen LogP contribution in [0.3, 0.4) is 0 Å². The Morgan fingerprint density at radius 2 is 1.85 bits per heavy atom. The number of nitrogens with one attached hydrogen (secondary N) is 1. The first-order valence-electron chi connectivity index (χ1n) is 7.09. The zero-order valence-corrected chi connectivity index (χ0v) is 12.7. The topological polar surface area (TPSA) is 53.1 Å². The SMILES string of the molecule is CN(CCCCC(C)(C)C(=N)N)Cc1ccc(F)cc1. The summed E-state index contributed by atoms with van der Waals surface area (Å²) >= 11 is 0. The molecule has 0 unspecified atom stereocenters. The van der Waals surface area contributed by atoms with Crippen molar-refractivity contribution in [3.8, 4) is 0 Å². The van der Waals surface area contributed by atoms with Gasteiger partial charge in [0.25, 0.3) is 0 Å². The van der Waals surface area contributed by atoms with E-state index in [0.29, 0.717) is 0 Å². The molecule has 0 aliphatic rings. The van der Waals surface area contributed by atoms with Crippen LogP contribution in [0.2, 0.25) is 0 Å². The van der Waals surface area contributed by atoms with Gasteiger partial charge in [0.15, 0.2) is 0 Å². The van der Waals surface area contributed by atoms with Crippen LogP contribution in [-0.2, 0) is 6.54 Å². The maximum Gasteiger partial charge on any atom is 0.123 e. The minimum absolute atomic E-state index is 0.192. The molecule has 0 amide bonds. The van der Waals surface area contributed by atoms with E-state index in [1.54, 1.807) is 0 Å².